The van der Waals surface area contributed by atoms with E-state index in [9.17, 15) is 4.79 Å². The van der Waals surface area contributed by atoms with Crippen LogP contribution < -0.4 is 5.73 Å². The molecule has 20 heavy (non-hydrogen) atoms. The second-order valence-electron chi connectivity index (χ2n) is 4.99. The summed E-state index contributed by atoms with van der Waals surface area (Å²) in [5.74, 6) is 5.83. The van der Waals surface area contributed by atoms with Crippen LogP contribution in [0.4, 0.5) is 0 Å². The normalized spacial score (nSPS) is 9.80. The molecule has 0 heterocycles. The third kappa shape index (κ3) is 4.71. The predicted molar refractivity (Wildman–Crippen MR) is 83.6 cm³/mol. The lowest BCUT2D eigenvalue weighted by Gasteiger charge is -2.18. The van der Waals surface area contributed by atoms with E-state index in [1.807, 2.05) is 32.2 Å². The van der Waals surface area contributed by atoms with Gasteiger partial charge in [-0.25, -0.2) is 0 Å². The Balaban J connectivity index is 2.92. The molecule has 1 rings (SSSR count). The zero-order valence-electron chi connectivity index (χ0n) is 12.7. The van der Waals surface area contributed by atoms with E-state index in [4.69, 9.17) is 5.73 Å². The average Bonchev–Trinajstić information content (AvgIpc) is 2.45. The number of hydrogen-bond donors (Lipinski definition) is 1. The van der Waals surface area contributed by atoms with Crippen molar-refractivity contribution in [3.63, 3.8) is 0 Å². The Kier molecular flexibility index (Phi) is 6.83. The Morgan fingerprint density at radius 3 is 2.75 bits per heavy atom. The van der Waals surface area contributed by atoms with E-state index in [2.05, 4.69) is 18.8 Å². The Hall–Kier alpha value is -1.79. The predicted octanol–water partition coefficient (Wildman–Crippen LogP) is 2.57. The van der Waals surface area contributed by atoms with Gasteiger partial charge < -0.3 is 10.6 Å². The van der Waals surface area contributed by atoms with Crippen LogP contribution in [0.15, 0.2) is 18.2 Å². The summed E-state index contributed by atoms with van der Waals surface area (Å²) in [6, 6.07) is 5.76. The number of hydrogen-bond acceptors (Lipinski definition) is 2. The van der Waals surface area contributed by atoms with Gasteiger partial charge in [-0.1, -0.05) is 43.2 Å². The van der Waals surface area contributed by atoms with Gasteiger partial charge in [0, 0.05) is 19.2 Å². The molecule has 0 saturated carbocycles. The minimum absolute atomic E-state index is 0.0334. The fourth-order valence-electron chi connectivity index (χ4n) is 2.00. The van der Waals surface area contributed by atoms with Crippen LogP contribution in [0.25, 0.3) is 0 Å². The van der Waals surface area contributed by atoms with Gasteiger partial charge >= 0.3 is 0 Å². The topological polar surface area (TPSA) is 46.3 Å². The van der Waals surface area contributed by atoms with Crippen molar-refractivity contribution in [2.24, 2.45) is 5.73 Å². The number of aryl methyl sites for hydroxylation is 1. The van der Waals surface area contributed by atoms with Crippen molar-refractivity contribution in [3.05, 3.63) is 34.9 Å². The maximum absolute atomic E-state index is 12.5. The van der Waals surface area contributed by atoms with Crippen LogP contribution in [-0.2, 0) is 0 Å². The Morgan fingerprint density at radius 2 is 2.10 bits per heavy atom. The van der Waals surface area contributed by atoms with Crippen molar-refractivity contribution in [1.82, 2.24) is 4.90 Å². The number of carbonyl (C=O) groups is 1. The lowest BCUT2D eigenvalue weighted by Crippen LogP contribution is -2.28. The van der Waals surface area contributed by atoms with E-state index in [0.29, 0.717) is 12.1 Å². The third-order valence-electron chi connectivity index (χ3n) is 3.17. The quantitative estimate of drug-likeness (QED) is 0.661. The number of rotatable bonds is 5. The maximum atomic E-state index is 12.5. The summed E-state index contributed by atoms with van der Waals surface area (Å²) in [7, 11) is 1.85. The standard InChI is InChI=1S/C17H24N2O/c1-4-5-6-12-19(3)17(20)16-13-14(2)9-10-15(16)8-7-11-18/h9-10,13H,4-6,11-12,18H2,1-3H3. The molecule has 0 saturated heterocycles. The summed E-state index contributed by atoms with van der Waals surface area (Å²) in [6.07, 6.45) is 3.33. The fourth-order valence-corrected chi connectivity index (χ4v) is 2.00. The van der Waals surface area contributed by atoms with Gasteiger partial charge in [-0.15, -0.1) is 0 Å². The monoisotopic (exact) mass is 272 g/mol. The van der Waals surface area contributed by atoms with E-state index in [0.717, 1.165) is 36.9 Å². The minimum atomic E-state index is 0.0334. The molecule has 0 unspecified atom stereocenters. The summed E-state index contributed by atoms with van der Waals surface area (Å²) < 4.78 is 0. The molecule has 0 aliphatic heterocycles. The van der Waals surface area contributed by atoms with Crippen LogP contribution in [0.3, 0.4) is 0 Å². The molecule has 0 aliphatic carbocycles. The average molecular weight is 272 g/mol. The van der Waals surface area contributed by atoms with Crippen LogP contribution in [0.5, 0.6) is 0 Å². The van der Waals surface area contributed by atoms with Crippen LogP contribution in [0.1, 0.15) is 47.7 Å². The minimum Gasteiger partial charge on any atom is -0.342 e. The first-order valence-electron chi connectivity index (χ1n) is 7.15. The largest absolute Gasteiger partial charge is 0.342 e. The zero-order chi connectivity index (χ0) is 15.0. The third-order valence-corrected chi connectivity index (χ3v) is 3.17. The highest BCUT2D eigenvalue weighted by Gasteiger charge is 2.14. The molecule has 3 nitrogen and oxygen atoms in total. The number of carbonyl (C=O) groups excluding carboxylic acids is 1. The highest BCUT2D eigenvalue weighted by atomic mass is 16.2. The van der Waals surface area contributed by atoms with Crippen LogP contribution >= 0.6 is 0 Å². The van der Waals surface area contributed by atoms with E-state index >= 15 is 0 Å². The van der Waals surface area contributed by atoms with Gasteiger partial charge in [-0.2, -0.15) is 0 Å². The van der Waals surface area contributed by atoms with Gasteiger partial charge in [0.25, 0.3) is 5.91 Å². The molecule has 0 aromatic heterocycles. The smallest absolute Gasteiger partial charge is 0.254 e. The van der Waals surface area contributed by atoms with Crippen LogP contribution in [0, 0.1) is 18.8 Å². The van der Waals surface area contributed by atoms with Gasteiger partial charge in [0.2, 0.25) is 0 Å². The summed E-state index contributed by atoms with van der Waals surface area (Å²) in [5.41, 5.74) is 7.90. The molecule has 2 N–H and O–H groups in total. The highest BCUT2D eigenvalue weighted by molar-refractivity contribution is 5.96. The van der Waals surface area contributed by atoms with Crippen molar-refractivity contribution < 1.29 is 4.79 Å². The number of nitrogens with two attached hydrogens (primary N) is 1. The van der Waals surface area contributed by atoms with Crippen molar-refractivity contribution in [3.8, 4) is 11.8 Å². The molecular weight excluding hydrogens is 248 g/mol. The van der Waals surface area contributed by atoms with Crippen LogP contribution in [0.2, 0.25) is 0 Å². The zero-order valence-corrected chi connectivity index (χ0v) is 12.7. The van der Waals surface area contributed by atoms with Gasteiger partial charge in [-0.3, -0.25) is 4.79 Å². The number of nitrogens with zero attached hydrogens (tertiary/aromatic N) is 1. The Morgan fingerprint density at radius 1 is 1.35 bits per heavy atom. The number of unbranched alkanes of at least 4 members (excludes halogenated alkanes) is 2. The summed E-state index contributed by atoms with van der Waals surface area (Å²) in [5, 5.41) is 0. The molecule has 0 fully saturated rings. The molecule has 0 atom stereocenters. The molecule has 1 aromatic carbocycles. The molecule has 1 aromatic rings. The molecule has 108 valence electrons. The van der Waals surface area contributed by atoms with Gasteiger partial charge in [-0.05, 0) is 25.5 Å². The van der Waals surface area contributed by atoms with Crippen molar-refractivity contribution >= 4 is 5.91 Å². The first-order chi connectivity index (χ1) is 9.60. The molecular formula is C17H24N2O. The Labute approximate surface area is 122 Å². The summed E-state index contributed by atoms with van der Waals surface area (Å²) in [6.45, 7) is 5.22. The van der Waals surface area contributed by atoms with Gasteiger partial charge in [0.05, 0.1) is 12.1 Å². The molecule has 3 heteroatoms. The Bertz CT molecular complexity index is 511. The van der Waals surface area contributed by atoms with Gasteiger partial charge in [0.1, 0.15) is 0 Å². The second-order valence-corrected chi connectivity index (χ2v) is 4.99. The van der Waals surface area contributed by atoms with Crippen molar-refractivity contribution in [2.45, 2.75) is 33.1 Å². The molecule has 1 amide bonds. The van der Waals surface area contributed by atoms with E-state index < -0.39 is 0 Å². The number of amides is 1. The van der Waals surface area contributed by atoms with Gasteiger partial charge in [0.15, 0.2) is 0 Å². The second kappa shape index (κ2) is 8.39. The molecule has 0 radical (unpaired) electrons. The van der Waals surface area contributed by atoms with E-state index in [1.165, 1.54) is 0 Å². The molecule has 0 aliphatic rings. The van der Waals surface area contributed by atoms with E-state index in [-0.39, 0.29) is 5.91 Å². The van der Waals surface area contributed by atoms with Crippen molar-refractivity contribution in [2.75, 3.05) is 20.1 Å². The lowest BCUT2D eigenvalue weighted by atomic mass is 10.0. The van der Waals surface area contributed by atoms with E-state index in [1.54, 1.807) is 4.90 Å². The van der Waals surface area contributed by atoms with Crippen molar-refractivity contribution in [1.29, 1.82) is 0 Å². The summed E-state index contributed by atoms with van der Waals surface area (Å²) >= 11 is 0. The first-order valence-corrected chi connectivity index (χ1v) is 7.15. The maximum Gasteiger partial charge on any atom is 0.254 e. The fraction of sp³-hybridized carbons (Fsp3) is 0.471. The molecule has 0 spiro atoms. The summed E-state index contributed by atoms with van der Waals surface area (Å²) in [4.78, 5) is 14.3. The van der Waals surface area contributed by atoms with Crippen LogP contribution in [-0.4, -0.2) is 30.9 Å². The first kappa shape index (κ1) is 16.3. The number of benzene rings is 1. The highest BCUT2D eigenvalue weighted by Crippen LogP contribution is 2.13. The SMILES string of the molecule is CCCCCN(C)C(=O)c1cc(C)ccc1C#CCN. The lowest BCUT2D eigenvalue weighted by molar-refractivity contribution is 0.0792. The molecule has 0 bridgehead atoms.